The maximum absolute atomic E-state index is 12.8. The number of para-hydroxylation sites is 1. The van der Waals surface area contributed by atoms with Crippen molar-refractivity contribution in [2.45, 2.75) is 10.9 Å². The van der Waals surface area contributed by atoms with Crippen molar-refractivity contribution in [2.75, 3.05) is 7.11 Å². The summed E-state index contributed by atoms with van der Waals surface area (Å²) in [5, 5.41) is 3.48. The van der Waals surface area contributed by atoms with Crippen LogP contribution in [0.1, 0.15) is 5.56 Å². The lowest BCUT2D eigenvalue weighted by Gasteiger charge is -2.11. The van der Waals surface area contributed by atoms with E-state index in [2.05, 4.69) is 0 Å². The van der Waals surface area contributed by atoms with Crippen molar-refractivity contribution in [1.82, 2.24) is 9.55 Å². The molecule has 4 nitrogen and oxygen atoms in total. The Labute approximate surface area is 155 Å². The van der Waals surface area contributed by atoms with E-state index in [0.717, 1.165) is 27.6 Å². The second kappa shape index (κ2) is 6.84. The van der Waals surface area contributed by atoms with Crippen molar-refractivity contribution in [2.24, 2.45) is 7.05 Å². The van der Waals surface area contributed by atoms with Crippen molar-refractivity contribution in [3.63, 3.8) is 0 Å². The van der Waals surface area contributed by atoms with Gasteiger partial charge in [-0.05, 0) is 29.0 Å². The average molecular weight is 362 g/mol. The number of rotatable bonds is 4. The first-order valence-corrected chi connectivity index (χ1v) is 9.30. The lowest BCUT2D eigenvalue weighted by atomic mass is 10.1. The lowest BCUT2D eigenvalue weighted by Crippen LogP contribution is -2.20. The van der Waals surface area contributed by atoms with Crippen LogP contribution in [0.3, 0.4) is 0 Å². The van der Waals surface area contributed by atoms with E-state index < -0.39 is 0 Å². The second-order valence-corrected chi connectivity index (χ2v) is 7.02. The number of thioether (sulfide) groups is 1. The van der Waals surface area contributed by atoms with Gasteiger partial charge in [-0.15, -0.1) is 0 Å². The third-order valence-electron chi connectivity index (χ3n) is 4.45. The van der Waals surface area contributed by atoms with Crippen LogP contribution in [0.2, 0.25) is 0 Å². The Balaban J connectivity index is 1.76. The van der Waals surface area contributed by atoms with Gasteiger partial charge in [0.1, 0.15) is 5.75 Å². The molecular weight excluding hydrogens is 344 g/mol. The lowest BCUT2D eigenvalue weighted by molar-refractivity contribution is 0.411. The molecule has 0 aliphatic heterocycles. The number of nitrogens with zero attached hydrogens (tertiary/aromatic N) is 2. The van der Waals surface area contributed by atoms with Gasteiger partial charge in [0, 0.05) is 18.4 Å². The largest absolute Gasteiger partial charge is 0.496 e. The summed E-state index contributed by atoms with van der Waals surface area (Å²) in [6.07, 6.45) is 0. The van der Waals surface area contributed by atoms with Crippen LogP contribution in [0, 0.1) is 0 Å². The highest BCUT2D eigenvalue weighted by Crippen LogP contribution is 2.27. The van der Waals surface area contributed by atoms with Crippen LogP contribution in [-0.4, -0.2) is 16.7 Å². The smallest absolute Gasteiger partial charge is 0.261 e. The van der Waals surface area contributed by atoms with Gasteiger partial charge >= 0.3 is 0 Å². The molecule has 130 valence electrons. The molecule has 0 atom stereocenters. The van der Waals surface area contributed by atoms with Crippen molar-refractivity contribution in [3.05, 3.63) is 76.6 Å². The maximum atomic E-state index is 12.8. The monoisotopic (exact) mass is 362 g/mol. The summed E-state index contributed by atoms with van der Waals surface area (Å²) < 4.78 is 7.03. The highest BCUT2D eigenvalue weighted by Gasteiger charge is 2.11. The first kappa shape index (κ1) is 16.7. The minimum atomic E-state index is -0.0247. The van der Waals surface area contributed by atoms with Gasteiger partial charge in [0.15, 0.2) is 5.16 Å². The molecule has 0 aliphatic rings. The number of hydrogen-bond acceptors (Lipinski definition) is 4. The molecular formula is C21H18N2O2S. The molecule has 0 unspecified atom stereocenters. The molecule has 0 fully saturated rings. The van der Waals surface area contributed by atoms with Crippen LogP contribution < -0.4 is 10.3 Å². The van der Waals surface area contributed by atoms with Crippen LogP contribution in [-0.2, 0) is 12.8 Å². The minimum absolute atomic E-state index is 0.0247. The average Bonchev–Trinajstić information content (AvgIpc) is 2.68. The fraction of sp³-hybridized carbons (Fsp3) is 0.143. The molecule has 5 heteroatoms. The summed E-state index contributed by atoms with van der Waals surface area (Å²) in [6.45, 7) is 0. The first-order valence-electron chi connectivity index (χ1n) is 8.31. The summed E-state index contributed by atoms with van der Waals surface area (Å²) in [5.41, 5.74) is 1.78. The third kappa shape index (κ3) is 2.95. The zero-order valence-corrected chi connectivity index (χ0v) is 15.4. The van der Waals surface area contributed by atoms with Gasteiger partial charge in [0.05, 0.1) is 18.0 Å². The summed E-state index contributed by atoms with van der Waals surface area (Å²) in [6, 6.07) is 19.8. The quantitative estimate of drug-likeness (QED) is 0.307. The Morgan fingerprint density at radius 2 is 1.73 bits per heavy atom. The highest BCUT2D eigenvalue weighted by molar-refractivity contribution is 7.98. The molecule has 4 aromatic rings. The van der Waals surface area contributed by atoms with Gasteiger partial charge in [-0.25, -0.2) is 4.98 Å². The Kier molecular flexibility index (Phi) is 4.39. The van der Waals surface area contributed by atoms with Crippen LogP contribution in [0.4, 0.5) is 0 Å². The van der Waals surface area contributed by atoms with Crippen LogP contribution in [0.15, 0.2) is 70.6 Å². The number of methoxy groups -OCH3 is 1. The molecule has 0 spiro atoms. The Morgan fingerprint density at radius 3 is 2.50 bits per heavy atom. The van der Waals surface area contributed by atoms with Crippen LogP contribution in [0.25, 0.3) is 21.7 Å². The van der Waals surface area contributed by atoms with E-state index in [1.165, 1.54) is 11.8 Å². The molecule has 0 amide bonds. The van der Waals surface area contributed by atoms with Crippen LogP contribution >= 0.6 is 11.8 Å². The Hall–Kier alpha value is -2.79. The zero-order chi connectivity index (χ0) is 18.1. The molecule has 4 rings (SSSR count). The standard InChI is InChI=1S/C21H18N2O2S/c1-23-20(24)17-11-14-7-3-4-8-15(14)12-18(17)22-21(23)26-13-16-9-5-6-10-19(16)25-2/h3-12H,13H2,1-2H3. The summed E-state index contributed by atoms with van der Waals surface area (Å²) in [5.74, 6) is 1.53. The summed E-state index contributed by atoms with van der Waals surface area (Å²) in [4.78, 5) is 17.6. The number of aromatic nitrogens is 2. The Bertz CT molecular complexity index is 1170. The predicted molar refractivity (Wildman–Crippen MR) is 107 cm³/mol. The molecule has 3 aromatic carbocycles. The van der Waals surface area contributed by atoms with Gasteiger partial charge < -0.3 is 4.74 Å². The van der Waals surface area contributed by atoms with Crippen molar-refractivity contribution in [1.29, 1.82) is 0 Å². The number of ether oxygens (including phenoxy) is 1. The van der Waals surface area contributed by atoms with E-state index >= 15 is 0 Å². The van der Waals surface area contributed by atoms with Gasteiger partial charge in [0.25, 0.3) is 5.56 Å². The molecule has 1 aromatic heterocycles. The molecule has 0 radical (unpaired) electrons. The molecule has 26 heavy (non-hydrogen) atoms. The first-order chi connectivity index (χ1) is 12.7. The number of hydrogen-bond donors (Lipinski definition) is 0. The molecule has 0 bridgehead atoms. The van der Waals surface area contributed by atoms with Gasteiger partial charge in [-0.2, -0.15) is 0 Å². The van der Waals surface area contributed by atoms with E-state index in [4.69, 9.17) is 9.72 Å². The molecule has 0 aliphatic carbocycles. The van der Waals surface area contributed by atoms with E-state index in [-0.39, 0.29) is 5.56 Å². The van der Waals surface area contributed by atoms with Gasteiger partial charge in [-0.3, -0.25) is 9.36 Å². The molecule has 1 heterocycles. The zero-order valence-electron chi connectivity index (χ0n) is 14.6. The Morgan fingerprint density at radius 1 is 1.04 bits per heavy atom. The fourth-order valence-corrected chi connectivity index (χ4v) is 3.99. The fourth-order valence-electron chi connectivity index (χ4n) is 3.03. The minimum Gasteiger partial charge on any atom is -0.496 e. The normalized spacial score (nSPS) is 11.2. The number of benzene rings is 3. The van der Waals surface area contributed by atoms with E-state index in [0.29, 0.717) is 16.3 Å². The van der Waals surface area contributed by atoms with Crippen molar-refractivity contribution < 1.29 is 4.74 Å². The molecule has 0 saturated heterocycles. The topological polar surface area (TPSA) is 44.1 Å². The summed E-state index contributed by atoms with van der Waals surface area (Å²) in [7, 11) is 3.44. The van der Waals surface area contributed by atoms with Gasteiger partial charge in [-0.1, -0.05) is 54.2 Å². The van der Waals surface area contributed by atoms with Gasteiger partial charge in [0.2, 0.25) is 0 Å². The van der Waals surface area contributed by atoms with E-state index in [1.807, 2.05) is 60.7 Å². The second-order valence-electron chi connectivity index (χ2n) is 6.08. The summed E-state index contributed by atoms with van der Waals surface area (Å²) >= 11 is 1.54. The van der Waals surface area contributed by atoms with E-state index in [9.17, 15) is 4.79 Å². The van der Waals surface area contributed by atoms with E-state index in [1.54, 1.807) is 18.7 Å². The van der Waals surface area contributed by atoms with Crippen molar-refractivity contribution in [3.8, 4) is 5.75 Å². The number of fused-ring (bicyclic) bond motifs is 2. The molecule has 0 saturated carbocycles. The predicted octanol–water partition coefficient (Wildman–Crippen LogP) is 4.39. The highest BCUT2D eigenvalue weighted by atomic mass is 32.2. The SMILES string of the molecule is COc1ccccc1CSc1nc2cc3ccccc3cc2c(=O)n1C. The molecule has 0 N–H and O–H groups in total. The van der Waals surface area contributed by atoms with Crippen molar-refractivity contribution >= 4 is 33.4 Å². The third-order valence-corrected chi connectivity index (χ3v) is 5.53. The van der Waals surface area contributed by atoms with Crippen LogP contribution in [0.5, 0.6) is 5.75 Å². The maximum Gasteiger partial charge on any atom is 0.261 e.